The minimum atomic E-state index is -1.66. The SMILES string of the molecule is CC1OC(CO)C(C)C(OCC2OC(CO)C(O)C(O)C2O)C1OC1OC(CO)C(O)C(O)C1O. The molecule has 3 rings (SSSR count). The van der Waals surface area contributed by atoms with Crippen LogP contribution < -0.4 is 0 Å². The van der Waals surface area contributed by atoms with Crippen LogP contribution in [0.15, 0.2) is 0 Å². The average Bonchev–Trinajstić information content (AvgIpc) is 2.85. The zero-order valence-electron chi connectivity index (χ0n) is 19.6. The van der Waals surface area contributed by atoms with Gasteiger partial charge in [-0.15, -0.1) is 0 Å². The molecule has 0 bridgehead atoms. The molecule has 3 heterocycles. The monoisotopic (exact) mass is 514 g/mol. The van der Waals surface area contributed by atoms with Crippen molar-refractivity contribution < 1.29 is 69.6 Å². The highest BCUT2D eigenvalue weighted by Crippen LogP contribution is 2.34. The fraction of sp³-hybridized carbons (Fsp3) is 1.00. The maximum Gasteiger partial charge on any atom is 0.187 e. The van der Waals surface area contributed by atoms with Crippen molar-refractivity contribution in [1.82, 2.24) is 0 Å². The first-order valence-corrected chi connectivity index (χ1v) is 11.7. The Morgan fingerprint density at radius 3 is 1.66 bits per heavy atom. The number of hydrogen-bond donors (Lipinski definition) is 9. The lowest BCUT2D eigenvalue weighted by molar-refractivity contribution is -0.341. The van der Waals surface area contributed by atoms with Crippen molar-refractivity contribution in [2.24, 2.45) is 5.92 Å². The van der Waals surface area contributed by atoms with Crippen molar-refractivity contribution in [3.05, 3.63) is 0 Å². The average molecular weight is 515 g/mol. The smallest absolute Gasteiger partial charge is 0.187 e. The van der Waals surface area contributed by atoms with E-state index in [1.807, 2.05) is 0 Å². The fourth-order valence-electron chi connectivity index (χ4n) is 4.76. The van der Waals surface area contributed by atoms with Crippen molar-refractivity contribution in [3.63, 3.8) is 0 Å². The molecule has 35 heavy (non-hydrogen) atoms. The Labute approximate surface area is 202 Å². The number of rotatable bonds is 8. The Bertz CT molecular complexity index is 652. The molecular formula is C21H38O14. The summed E-state index contributed by atoms with van der Waals surface area (Å²) < 4.78 is 28.6. The molecule has 0 aromatic carbocycles. The summed E-state index contributed by atoms with van der Waals surface area (Å²) in [5, 5.41) is 89.4. The molecular weight excluding hydrogens is 476 g/mol. The fourth-order valence-corrected chi connectivity index (χ4v) is 4.76. The third kappa shape index (κ3) is 5.97. The summed E-state index contributed by atoms with van der Waals surface area (Å²) in [4.78, 5) is 0. The summed E-state index contributed by atoms with van der Waals surface area (Å²) in [5.74, 6) is -0.490. The van der Waals surface area contributed by atoms with Gasteiger partial charge in [-0.05, 0) is 6.92 Å². The van der Waals surface area contributed by atoms with Crippen LogP contribution in [-0.2, 0) is 23.7 Å². The van der Waals surface area contributed by atoms with Gasteiger partial charge in [-0.3, -0.25) is 0 Å². The van der Waals surface area contributed by atoms with E-state index in [9.17, 15) is 46.0 Å². The molecule has 14 heteroatoms. The van der Waals surface area contributed by atoms with E-state index >= 15 is 0 Å². The molecule has 3 saturated heterocycles. The molecule has 9 N–H and O–H groups in total. The summed E-state index contributed by atoms with van der Waals surface area (Å²) in [5.41, 5.74) is 0. The van der Waals surface area contributed by atoms with Crippen LogP contribution in [0.4, 0.5) is 0 Å². The summed E-state index contributed by atoms with van der Waals surface area (Å²) in [6.07, 6.45) is -17.5. The Morgan fingerprint density at radius 1 is 0.571 bits per heavy atom. The second kappa shape index (κ2) is 12.3. The van der Waals surface area contributed by atoms with Crippen LogP contribution in [0, 0.1) is 5.92 Å². The third-order valence-electron chi connectivity index (χ3n) is 7.04. The number of aliphatic hydroxyl groups is 9. The van der Waals surface area contributed by atoms with Crippen molar-refractivity contribution in [2.45, 2.75) is 99.5 Å². The summed E-state index contributed by atoms with van der Waals surface area (Å²) in [6.45, 7) is 1.49. The lowest BCUT2D eigenvalue weighted by atomic mass is 9.88. The number of aliphatic hydroxyl groups excluding tert-OH is 9. The van der Waals surface area contributed by atoms with Crippen LogP contribution in [0.3, 0.4) is 0 Å². The van der Waals surface area contributed by atoms with E-state index in [0.29, 0.717) is 0 Å². The van der Waals surface area contributed by atoms with Gasteiger partial charge in [-0.1, -0.05) is 6.92 Å². The number of hydrogen-bond acceptors (Lipinski definition) is 14. The van der Waals surface area contributed by atoms with Crippen LogP contribution in [0.5, 0.6) is 0 Å². The van der Waals surface area contributed by atoms with E-state index in [0.717, 1.165) is 0 Å². The molecule has 3 aliphatic rings. The van der Waals surface area contributed by atoms with Crippen molar-refractivity contribution in [3.8, 4) is 0 Å². The molecule has 206 valence electrons. The molecule has 3 fully saturated rings. The molecule has 15 unspecified atom stereocenters. The Morgan fingerprint density at radius 2 is 1.09 bits per heavy atom. The van der Waals surface area contributed by atoms with Gasteiger partial charge in [-0.25, -0.2) is 0 Å². The zero-order valence-corrected chi connectivity index (χ0v) is 19.6. The van der Waals surface area contributed by atoms with Crippen LogP contribution in [0.25, 0.3) is 0 Å². The quantitative estimate of drug-likeness (QED) is 0.148. The maximum absolute atomic E-state index is 10.4. The molecule has 0 saturated carbocycles. The molecule has 0 aliphatic carbocycles. The second-order valence-electron chi connectivity index (χ2n) is 9.38. The Balaban J connectivity index is 1.76. The van der Waals surface area contributed by atoms with Gasteiger partial charge in [0, 0.05) is 5.92 Å². The van der Waals surface area contributed by atoms with Crippen molar-refractivity contribution in [1.29, 1.82) is 0 Å². The minimum absolute atomic E-state index is 0.296. The van der Waals surface area contributed by atoms with Gasteiger partial charge >= 0.3 is 0 Å². The standard InChI is InChI=1S/C21H38O14/c1-7-9(3-22)32-8(2)20(35-21-18(30)17(29)14(26)11(5-24)34-21)19(7)31-6-12-15(27)16(28)13(25)10(4-23)33-12/h7-30H,3-6H2,1-2H3. The molecule has 15 atom stereocenters. The van der Waals surface area contributed by atoms with E-state index in [-0.39, 0.29) is 13.2 Å². The normalized spacial score (nSPS) is 51.3. The first-order valence-electron chi connectivity index (χ1n) is 11.7. The molecule has 0 aromatic heterocycles. The van der Waals surface area contributed by atoms with Gasteiger partial charge in [-0.2, -0.15) is 0 Å². The highest BCUT2D eigenvalue weighted by Gasteiger charge is 2.50. The summed E-state index contributed by atoms with van der Waals surface area (Å²) >= 11 is 0. The van der Waals surface area contributed by atoms with Gasteiger partial charge < -0.3 is 69.6 Å². The van der Waals surface area contributed by atoms with Gasteiger partial charge in [0.1, 0.15) is 61.0 Å². The highest BCUT2D eigenvalue weighted by molar-refractivity contribution is 4.96. The van der Waals surface area contributed by atoms with E-state index in [1.165, 1.54) is 0 Å². The lowest BCUT2D eigenvalue weighted by Gasteiger charge is -2.48. The molecule has 0 radical (unpaired) electrons. The largest absolute Gasteiger partial charge is 0.394 e. The molecule has 3 aliphatic heterocycles. The van der Waals surface area contributed by atoms with Gasteiger partial charge in [0.25, 0.3) is 0 Å². The van der Waals surface area contributed by atoms with E-state index in [2.05, 4.69) is 0 Å². The zero-order chi connectivity index (χ0) is 26.0. The summed E-state index contributed by atoms with van der Waals surface area (Å²) in [6, 6.07) is 0. The lowest BCUT2D eigenvalue weighted by Crippen LogP contribution is -2.63. The van der Waals surface area contributed by atoms with Crippen LogP contribution >= 0.6 is 0 Å². The van der Waals surface area contributed by atoms with Crippen LogP contribution in [0.1, 0.15) is 13.8 Å². The van der Waals surface area contributed by atoms with Gasteiger partial charge in [0.2, 0.25) is 0 Å². The van der Waals surface area contributed by atoms with E-state index < -0.39 is 105 Å². The second-order valence-corrected chi connectivity index (χ2v) is 9.38. The highest BCUT2D eigenvalue weighted by atomic mass is 16.7. The Kier molecular flexibility index (Phi) is 10.2. The van der Waals surface area contributed by atoms with E-state index in [1.54, 1.807) is 13.8 Å². The molecule has 0 spiro atoms. The molecule has 14 nitrogen and oxygen atoms in total. The predicted molar refractivity (Wildman–Crippen MR) is 113 cm³/mol. The van der Waals surface area contributed by atoms with Crippen LogP contribution in [-0.4, -0.2) is 158 Å². The van der Waals surface area contributed by atoms with E-state index in [4.69, 9.17) is 23.7 Å². The first kappa shape index (κ1) is 29.0. The number of ether oxygens (including phenoxy) is 5. The first-order chi connectivity index (χ1) is 16.5. The van der Waals surface area contributed by atoms with Gasteiger partial charge in [0.05, 0.1) is 44.7 Å². The Hall–Kier alpha value is -0.560. The third-order valence-corrected chi connectivity index (χ3v) is 7.04. The van der Waals surface area contributed by atoms with Crippen molar-refractivity contribution in [2.75, 3.05) is 26.4 Å². The maximum atomic E-state index is 10.4. The van der Waals surface area contributed by atoms with Gasteiger partial charge in [0.15, 0.2) is 6.29 Å². The van der Waals surface area contributed by atoms with Crippen molar-refractivity contribution >= 4 is 0 Å². The summed E-state index contributed by atoms with van der Waals surface area (Å²) in [7, 11) is 0. The molecule has 0 amide bonds. The topological polar surface area (TPSA) is 228 Å². The van der Waals surface area contributed by atoms with Crippen LogP contribution in [0.2, 0.25) is 0 Å². The predicted octanol–water partition coefficient (Wildman–Crippen LogP) is -5.19. The minimum Gasteiger partial charge on any atom is -0.394 e. The molecule has 0 aromatic rings.